The number of carbonyl (C=O) groups is 2. The van der Waals surface area contributed by atoms with Crippen LogP contribution in [0.2, 0.25) is 0 Å². The topological polar surface area (TPSA) is 54.4 Å². The summed E-state index contributed by atoms with van der Waals surface area (Å²) in [5, 5.41) is 10.4. The summed E-state index contributed by atoms with van der Waals surface area (Å²) in [6.45, 7) is 4.45. The first-order valence-electron chi connectivity index (χ1n) is 8.82. The fourth-order valence-electron chi connectivity index (χ4n) is 6.36. The molecule has 0 aromatic carbocycles. The van der Waals surface area contributed by atoms with Crippen molar-refractivity contribution < 1.29 is 14.7 Å². The minimum atomic E-state index is -0.203. The van der Waals surface area contributed by atoms with Gasteiger partial charge >= 0.3 is 0 Å². The van der Waals surface area contributed by atoms with Crippen LogP contribution in [0.25, 0.3) is 0 Å². The number of hydrogen-bond acceptors (Lipinski definition) is 3. The average Bonchev–Trinajstić information content (AvgIpc) is 2.77. The first-order chi connectivity index (χ1) is 10.4. The number of Topliss-reactive ketones (excluding diaryl/α,β-unsaturated/α-hetero) is 1. The Morgan fingerprint density at radius 2 is 1.86 bits per heavy atom. The van der Waals surface area contributed by atoms with Gasteiger partial charge in [-0.05, 0) is 66.8 Å². The first kappa shape index (κ1) is 14.6. The van der Waals surface area contributed by atoms with E-state index in [-0.39, 0.29) is 28.5 Å². The molecular formula is C19H26O3. The molecule has 0 bridgehead atoms. The molecule has 120 valence electrons. The molecule has 0 saturated heterocycles. The van der Waals surface area contributed by atoms with E-state index in [0.717, 1.165) is 37.7 Å². The SMILES string of the molecule is C[C@]12CC[C@@H]3[C@H](CC(=O)C4=CC(=O)CC[C@@]43C)[C@@H]1CC[C@H]2O. The number of allylic oxidation sites excluding steroid dienone is 1. The Bertz CT molecular complexity index is 577. The van der Waals surface area contributed by atoms with Crippen LogP contribution in [0.4, 0.5) is 0 Å². The van der Waals surface area contributed by atoms with Crippen molar-refractivity contribution in [1.82, 2.24) is 0 Å². The van der Waals surface area contributed by atoms with Gasteiger partial charge in [0.2, 0.25) is 0 Å². The van der Waals surface area contributed by atoms with E-state index in [1.54, 1.807) is 6.08 Å². The van der Waals surface area contributed by atoms with Gasteiger partial charge in [-0.3, -0.25) is 9.59 Å². The lowest BCUT2D eigenvalue weighted by Gasteiger charge is -2.56. The Kier molecular flexibility index (Phi) is 3.01. The molecule has 6 atom stereocenters. The van der Waals surface area contributed by atoms with Gasteiger partial charge in [0.25, 0.3) is 0 Å². The van der Waals surface area contributed by atoms with Crippen LogP contribution in [0.5, 0.6) is 0 Å². The van der Waals surface area contributed by atoms with E-state index < -0.39 is 0 Å². The van der Waals surface area contributed by atoms with Gasteiger partial charge in [-0.25, -0.2) is 0 Å². The molecule has 0 radical (unpaired) electrons. The van der Waals surface area contributed by atoms with Gasteiger partial charge in [-0.2, -0.15) is 0 Å². The minimum Gasteiger partial charge on any atom is -0.393 e. The maximum atomic E-state index is 12.7. The number of rotatable bonds is 0. The van der Waals surface area contributed by atoms with Crippen molar-refractivity contribution in [1.29, 1.82) is 0 Å². The standard InChI is InChI=1S/C19H26O3/c1-18-7-5-11(20)9-15(18)16(21)10-12-13-3-4-17(22)19(13,2)8-6-14(12)18/h9,12-14,17,22H,3-8,10H2,1-2H3/t12-,13+,14-,17-,18-,19+/m1/s1. The van der Waals surface area contributed by atoms with E-state index in [1.807, 2.05) is 0 Å². The predicted octanol–water partition coefficient (Wildman–Crippen LogP) is 3.06. The van der Waals surface area contributed by atoms with Gasteiger partial charge < -0.3 is 5.11 Å². The molecule has 0 aliphatic heterocycles. The lowest BCUT2D eigenvalue weighted by molar-refractivity contribution is -0.132. The molecule has 4 aliphatic carbocycles. The monoisotopic (exact) mass is 302 g/mol. The third-order valence-corrected chi connectivity index (χ3v) is 7.74. The van der Waals surface area contributed by atoms with Crippen molar-refractivity contribution in [3.8, 4) is 0 Å². The van der Waals surface area contributed by atoms with Crippen LogP contribution in [0.15, 0.2) is 11.6 Å². The number of carbonyl (C=O) groups excluding carboxylic acids is 2. The normalized spacial score (nSPS) is 51.0. The molecule has 22 heavy (non-hydrogen) atoms. The third kappa shape index (κ3) is 1.72. The van der Waals surface area contributed by atoms with Gasteiger partial charge in [0.1, 0.15) is 0 Å². The minimum absolute atomic E-state index is 0.00348. The fourth-order valence-corrected chi connectivity index (χ4v) is 6.36. The predicted molar refractivity (Wildman–Crippen MR) is 83.1 cm³/mol. The van der Waals surface area contributed by atoms with Crippen LogP contribution in [0, 0.1) is 28.6 Å². The van der Waals surface area contributed by atoms with E-state index in [2.05, 4.69) is 13.8 Å². The molecule has 0 heterocycles. The molecule has 3 saturated carbocycles. The third-order valence-electron chi connectivity index (χ3n) is 7.74. The van der Waals surface area contributed by atoms with Gasteiger partial charge in [0, 0.05) is 18.4 Å². The van der Waals surface area contributed by atoms with Crippen molar-refractivity contribution >= 4 is 11.6 Å². The molecule has 3 heteroatoms. The number of ketones is 2. The van der Waals surface area contributed by atoms with Gasteiger partial charge in [-0.1, -0.05) is 13.8 Å². The molecular weight excluding hydrogens is 276 g/mol. The number of aliphatic hydroxyl groups is 1. The van der Waals surface area contributed by atoms with Crippen LogP contribution in [-0.2, 0) is 9.59 Å². The second kappa shape index (κ2) is 4.53. The number of aliphatic hydroxyl groups excluding tert-OH is 1. The second-order valence-corrected chi connectivity index (χ2v) is 8.58. The molecule has 3 nitrogen and oxygen atoms in total. The Balaban J connectivity index is 1.75. The van der Waals surface area contributed by atoms with Crippen LogP contribution in [0.3, 0.4) is 0 Å². The summed E-state index contributed by atoms with van der Waals surface area (Å²) >= 11 is 0. The zero-order valence-electron chi connectivity index (χ0n) is 13.6. The van der Waals surface area contributed by atoms with Crippen molar-refractivity contribution in [2.75, 3.05) is 0 Å². The molecule has 0 unspecified atom stereocenters. The largest absolute Gasteiger partial charge is 0.393 e. The summed E-state index contributed by atoms with van der Waals surface area (Å²) in [5.74, 6) is 1.70. The van der Waals surface area contributed by atoms with E-state index in [4.69, 9.17) is 0 Å². The van der Waals surface area contributed by atoms with E-state index in [0.29, 0.717) is 30.6 Å². The highest BCUT2D eigenvalue weighted by molar-refractivity contribution is 6.05. The summed E-state index contributed by atoms with van der Waals surface area (Å²) in [5.41, 5.74) is 0.707. The molecule has 3 fully saturated rings. The highest BCUT2D eigenvalue weighted by Gasteiger charge is 2.60. The Hall–Kier alpha value is -0.960. The van der Waals surface area contributed by atoms with Crippen LogP contribution in [-0.4, -0.2) is 22.8 Å². The molecule has 0 aromatic rings. The van der Waals surface area contributed by atoms with Crippen molar-refractivity contribution in [3.05, 3.63) is 11.6 Å². The van der Waals surface area contributed by atoms with Crippen LogP contribution < -0.4 is 0 Å². The van der Waals surface area contributed by atoms with Crippen molar-refractivity contribution in [3.63, 3.8) is 0 Å². The number of hydrogen-bond donors (Lipinski definition) is 1. The van der Waals surface area contributed by atoms with Gasteiger partial charge in [0.05, 0.1) is 6.10 Å². The number of fused-ring (bicyclic) bond motifs is 5. The highest BCUT2D eigenvalue weighted by atomic mass is 16.3. The second-order valence-electron chi connectivity index (χ2n) is 8.58. The Morgan fingerprint density at radius 1 is 1.09 bits per heavy atom. The summed E-state index contributed by atoms with van der Waals surface area (Å²) in [7, 11) is 0. The van der Waals surface area contributed by atoms with Crippen molar-refractivity contribution in [2.24, 2.45) is 28.6 Å². The Morgan fingerprint density at radius 3 is 2.64 bits per heavy atom. The summed E-state index contributed by atoms with van der Waals surface area (Å²) in [4.78, 5) is 24.5. The van der Waals surface area contributed by atoms with E-state index in [9.17, 15) is 14.7 Å². The van der Waals surface area contributed by atoms with E-state index >= 15 is 0 Å². The maximum Gasteiger partial charge on any atom is 0.159 e. The van der Waals surface area contributed by atoms with E-state index in [1.165, 1.54) is 0 Å². The van der Waals surface area contributed by atoms with Crippen LogP contribution >= 0.6 is 0 Å². The first-order valence-corrected chi connectivity index (χ1v) is 8.82. The molecule has 0 amide bonds. The summed E-state index contributed by atoms with van der Waals surface area (Å²) in [6, 6.07) is 0. The lowest BCUT2D eigenvalue weighted by Crippen LogP contribution is -2.53. The lowest BCUT2D eigenvalue weighted by atomic mass is 9.47. The highest BCUT2D eigenvalue weighted by Crippen LogP contribution is 2.64. The van der Waals surface area contributed by atoms with Crippen LogP contribution in [0.1, 0.15) is 58.8 Å². The molecule has 1 N–H and O–H groups in total. The Labute approximate surface area is 132 Å². The molecule has 4 rings (SSSR count). The summed E-state index contributed by atoms with van der Waals surface area (Å²) < 4.78 is 0. The maximum absolute atomic E-state index is 12.7. The molecule has 0 spiro atoms. The van der Waals surface area contributed by atoms with Crippen molar-refractivity contribution in [2.45, 2.75) is 64.9 Å². The molecule has 0 aromatic heterocycles. The quantitative estimate of drug-likeness (QED) is 0.748. The zero-order valence-corrected chi connectivity index (χ0v) is 13.6. The van der Waals surface area contributed by atoms with Gasteiger partial charge in [0.15, 0.2) is 11.6 Å². The average molecular weight is 302 g/mol. The fraction of sp³-hybridized carbons (Fsp3) is 0.789. The van der Waals surface area contributed by atoms with Gasteiger partial charge in [-0.15, -0.1) is 0 Å². The summed E-state index contributed by atoms with van der Waals surface area (Å²) in [6.07, 6.45) is 7.54. The zero-order chi connectivity index (χ0) is 15.7. The molecule has 4 aliphatic rings. The smallest absolute Gasteiger partial charge is 0.159 e.